The maximum absolute atomic E-state index is 12.8. The summed E-state index contributed by atoms with van der Waals surface area (Å²) in [4.78, 5) is 0. The zero-order valence-electron chi connectivity index (χ0n) is 12.2. The second-order valence-corrected chi connectivity index (χ2v) is 7.66. The fraction of sp³-hybridized carbons (Fsp3) is 0.0526. The van der Waals surface area contributed by atoms with Crippen molar-refractivity contribution in [1.82, 2.24) is 0 Å². The quantitative estimate of drug-likeness (QED) is 0.631. The molecule has 0 saturated carbocycles. The van der Waals surface area contributed by atoms with Gasteiger partial charge in [0.2, 0.25) is 0 Å². The lowest BCUT2D eigenvalue weighted by Gasteiger charge is -2.12. The van der Waals surface area contributed by atoms with Gasteiger partial charge in [0.05, 0.1) is 13.5 Å². The molecule has 4 heteroatoms. The summed E-state index contributed by atoms with van der Waals surface area (Å²) in [6.45, 7) is 0. The van der Waals surface area contributed by atoms with E-state index in [1.807, 2.05) is 60.7 Å². The Hall–Kier alpha value is -2.12. The van der Waals surface area contributed by atoms with E-state index < -0.39 is 19.7 Å². The monoisotopic (exact) mass is 331 g/mol. The molecule has 0 N–H and O–H groups in total. The third kappa shape index (κ3) is 3.62. The van der Waals surface area contributed by atoms with Crippen LogP contribution in [-0.4, -0.2) is 0 Å². The van der Waals surface area contributed by atoms with Gasteiger partial charge in [0.15, 0.2) is 0 Å². The first-order valence-corrected chi connectivity index (χ1v) is 8.71. The molecule has 0 fully saturated rings. The first-order valence-electron chi connectivity index (χ1n) is 7.21. The highest BCUT2D eigenvalue weighted by Gasteiger charge is 2.32. The lowest BCUT2D eigenvalue weighted by molar-refractivity contribution is -0.137. The van der Waals surface area contributed by atoms with Gasteiger partial charge in [0.1, 0.15) is 15.9 Å². The third-order valence-electron chi connectivity index (χ3n) is 3.63. The summed E-state index contributed by atoms with van der Waals surface area (Å²) in [5.74, 6) is 0. The van der Waals surface area contributed by atoms with Crippen molar-refractivity contribution in [3.8, 4) is 0 Å². The van der Waals surface area contributed by atoms with Gasteiger partial charge in [0.25, 0.3) is 0 Å². The van der Waals surface area contributed by atoms with Crippen LogP contribution in [0.4, 0.5) is 13.2 Å². The molecule has 3 rings (SSSR count). The molecule has 0 saturated heterocycles. The molecule has 0 radical (unpaired) electrons. The summed E-state index contributed by atoms with van der Waals surface area (Å²) in [5, 5.41) is 3.26. The van der Waals surface area contributed by atoms with E-state index in [4.69, 9.17) is 0 Å². The molecule has 0 aliphatic heterocycles. The molecule has 116 valence electrons. The lowest BCUT2D eigenvalue weighted by atomic mass is 10.2. The molecular weight excluding hydrogens is 316 g/mol. The normalized spacial score (nSPS) is 11.7. The Bertz CT molecular complexity index is 711. The van der Waals surface area contributed by atoms with E-state index in [9.17, 15) is 13.2 Å². The Morgan fingerprint density at radius 3 is 1.30 bits per heavy atom. The maximum Gasteiger partial charge on any atom is 0.416 e. The minimum absolute atomic E-state index is 0.608. The molecule has 0 aliphatic rings. The van der Waals surface area contributed by atoms with E-state index in [1.54, 1.807) is 12.1 Å². The van der Waals surface area contributed by atoms with Gasteiger partial charge >= 0.3 is 6.18 Å². The van der Waals surface area contributed by atoms with Gasteiger partial charge in [-0.15, -0.1) is 0 Å². The molecule has 0 bridgehead atoms. The van der Waals surface area contributed by atoms with Crippen LogP contribution >= 0.6 is 7.92 Å². The van der Waals surface area contributed by atoms with Crippen molar-refractivity contribution < 1.29 is 13.2 Å². The number of rotatable bonds is 3. The van der Waals surface area contributed by atoms with Crippen molar-refractivity contribution in [1.29, 1.82) is 0 Å². The van der Waals surface area contributed by atoms with Crippen molar-refractivity contribution in [3.05, 3.63) is 90.5 Å². The molecule has 0 unspecified atom stereocenters. The number of alkyl halides is 3. The number of benzene rings is 3. The fourth-order valence-corrected chi connectivity index (χ4v) is 5.09. The molecule has 0 spiro atoms. The molecule has 0 heterocycles. The largest absolute Gasteiger partial charge is 0.416 e. The van der Waals surface area contributed by atoms with E-state index in [2.05, 4.69) is 0 Å². The molecule has 3 aromatic carbocycles. The van der Waals surface area contributed by atoms with Crippen LogP contribution < -0.4 is 15.9 Å². The Balaban J connectivity index is 2.06. The number of hydrogen-bond acceptors (Lipinski definition) is 0. The smallest absolute Gasteiger partial charge is 0.166 e. The van der Waals surface area contributed by atoms with Gasteiger partial charge in [-0.3, -0.25) is 0 Å². The van der Waals surface area contributed by atoms with Gasteiger partial charge in [-0.2, -0.15) is 13.2 Å². The molecule has 0 aliphatic carbocycles. The molecule has 0 atom stereocenters. The van der Waals surface area contributed by atoms with Gasteiger partial charge in [-0.05, 0) is 48.5 Å². The van der Waals surface area contributed by atoms with Crippen LogP contribution in [0.5, 0.6) is 0 Å². The van der Waals surface area contributed by atoms with Crippen LogP contribution in [0.3, 0.4) is 0 Å². The molecule has 3 aromatic rings. The van der Waals surface area contributed by atoms with E-state index in [0.29, 0.717) is 0 Å². The predicted molar refractivity (Wildman–Crippen MR) is 91.5 cm³/mol. The van der Waals surface area contributed by atoms with Crippen LogP contribution in [0, 0.1) is 0 Å². The van der Waals surface area contributed by atoms with Gasteiger partial charge in [0, 0.05) is 0 Å². The van der Waals surface area contributed by atoms with Crippen LogP contribution in [0.25, 0.3) is 0 Å². The van der Waals surface area contributed by atoms with Crippen molar-refractivity contribution in [2.75, 3.05) is 0 Å². The summed E-state index contributed by atoms with van der Waals surface area (Å²) < 4.78 is 38.3. The Morgan fingerprint density at radius 2 is 0.913 bits per heavy atom. The van der Waals surface area contributed by atoms with Crippen molar-refractivity contribution in [2.45, 2.75) is 6.18 Å². The molecule has 0 aromatic heterocycles. The SMILES string of the molecule is FC(F)(F)c1ccc([PH+](c2ccccc2)c2ccccc2)cc1. The fourth-order valence-electron chi connectivity index (χ4n) is 2.54. The first kappa shape index (κ1) is 15.8. The maximum atomic E-state index is 12.8. The van der Waals surface area contributed by atoms with Crippen molar-refractivity contribution in [2.24, 2.45) is 0 Å². The van der Waals surface area contributed by atoms with Gasteiger partial charge in [-0.25, -0.2) is 0 Å². The highest BCUT2D eigenvalue weighted by molar-refractivity contribution is 7.79. The summed E-state index contributed by atoms with van der Waals surface area (Å²) >= 11 is 0. The Kier molecular flexibility index (Phi) is 4.49. The highest BCUT2D eigenvalue weighted by Crippen LogP contribution is 2.34. The van der Waals surface area contributed by atoms with Crippen molar-refractivity contribution in [3.63, 3.8) is 0 Å². The Morgan fingerprint density at radius 1 is 0.522 bits per heavy atom. The molecule has 23 heavy (non-hydrogen) atoms. The van der Waals surface area contributed by atoms with Gasteiger partial charge < -0.3 is 0 Å². The minimum Gasteiger partial charge on any atom is -0.166 e. The van der Waals surface area contributed by atoms with Crippen LogP contribution in [0.1, 0.15) is 5.56 Å². The summed E-state index contributed by atoms with van der Waals surface area (Å²) in [7, 11) is -1.31. The van der Waals surface area contributed by atoms with E-state index in [1.165, 1.54) is 12.1 Å². The topological polar surface area (TPSA) is 0 Å². The predicted octanol–water partition coefficient (Wildman–Crippen LogP) is 4.20. The van der Waals surface area contributed by atoms with Crippen LogP contribution in [0.2, 0.25) is 0 Å². The first-order chi connectivity index (χ1) is 11.1. The number of halogens is 3. The van der Waals surface area contributed by atoms with E-state index in [0.717, 1.165) is 15.9 Å². The van der Waals surface area contributed by atoms with Gasteiger partial charge in [-0.1, -0.05) is 36.4 Å². The van der Waals surface area contributed by atoms with Crippen LogP contribution in [-0.2, 0) is 6.18 Å². The van der Waals surface area contributed by atoms with Crippen LogP contribution in [0.15, 0.2) is 84.9 Å². The van der Waals surface area contributed by atoms with E-state index >= 15 is 0 Å². The summed E-state index contributed by atoms with van der Waals surface area (Å²) in [6, 6.07) is 25.5. The molecular formula is C19H15F3P+. The average Bonchev–Trinajstić information content (AvgIpc) is 2.57. The van der Waals surface area contributed by atoms with Crippen molar-refractivity contribution >= 4 is 23.8 Å². The summed E-state index contributed by atoms with van der Waals surface area (Å²) in [6.07, 6.45) is -4.30. The highest BCUT2D eigenvalue weighted by atomic mass is 31.1. The lowest BCUT2D eigenvalue weighted by Crippen LogP contribution is -2.20. The Labute approximate surface area is 134 Å². The molecule has 0 nitrogen and oxygen atoms in total. The zero-order chi connectivity index (χ0) is 16.3. The second-order valence-electron chi connectivity index (χ2n) is 5.18. The third-order valence-corrected chi connectivity index (χ3v) is 6.36. The second kappa shape index (κ2) is 6.55. The standard InChI is InChI=1S/C19H14F3P/c20-19(21,22)15-11-13-18(14-12-15)23(16-7-3-1-4-8-16)17-9-5-2-6-10-17/h1-14H/p+1. The zero-order valence-corrected chi connectivity index (χ0v) is 13.2. The number of hydrogen-bond donors (Lipinski definition) is 0. The minimum atomic E-state index is -4.30. The average molecular weight is 331 g/mol. The van der Waals surface area contributed by atoms with E-state index in [-0.39, 0.29) is 0 Å². The summed E-state index contributed by atoms with van der Waals surface area (Å²) in [5.41, 5.74) is -0.608. The molecule has 0 amide bonds.